The average molecular weight is 131 g/mol. The van der Waals surface area contributed by atoms with Crippen LogP contribution in [0.4, 0.5) is 0 Å². The molecule has 0 spiro atoms. The predicted molar refractivity (Wildman–Crippen MR) is 35.8 cm³/mol. The maximum atomic E-state index is 5.28. The van der Waals surface area contributed by atoms with Gasteiger partial charge in [-0.25, -0.2) is 0 Å². The molecule has 47 valence electrons. The first-order valence-electron chi connectivity index (χ1n) is 3.05. The molecule has 0 aromatic rings. The largest absolute Gasteiger partial charge is 0.364 e. The summed E-state index contributed by atoms with van der Waals surface area (Å²) in [6.45, 7) is 2.83. The molecular weight excluding hydrogens is 120 g/mol. The molecule has 0 bridgehead atoms. The highest BCUT2D eigenvalue weighted by atomic mass is 32.1. The van der Waals surface area contributed by atoms with E-state index in [0.29, 0.717) is 0 Å². The van der Waals surface area contributed by atoms with Crippen LogP contribution < -0.4 is 0 Å². The summed E-state index contributed by atoms with van der Waals surface area (Å²) in [4.78, 5) is -0.238. The number of rotatable bonds is 0. The minimum atomic E-state index is -0.238. The zero-order valence-corrected chi connectivity index (χ0v) is 5.96. The fourth-order valence-electron chi connectivity index (χ4n) is 0.908. The molecule has 1 atom stereocenters. The van der Waals surface area contributed by atoms with Gasteiger partial charge in [-0.15, -0.1) is 0 Å². The summed E-state index contributed by atoms with van der Waals surface area (Å²) in [6.07, 6.45) is 3.47. The normalized spacial score (nSPS) is 39.8. The number of hydrogen-bond acceptors (Lipinski definition) is 1. The Hall–Kier alpha value is 0.310. The van der Waals surface area contributed by atoms with Gasteiger partial charge < -0.3 is 4.74 Å². The summed E-state index contributed by atoms with van der Waals surface area (Å²) in [5, 5.41) is 0. The van der Waals surface area contributed by atoms with E-state index in [1.165, 1.54) is 12.8 Å². The van der Waals surface area contributed by atoms with E-state index in [1.807, 2.05) is 6.92 Å². The summed E-state index contributed by atoms with van der Waals surface area (Å²) < 4.78 is 5.28. The molecule has 0 aromatic carbocycles. The van der Waals surface area contributed by atoms with Crippen LogP contribution >= 0.6 is 12.6 Å². The lowest BCUT2D eigenvalue weighted by Crippen LogP contribution is -2.25. The molecule has 0 amide bonds. The quantitative estimate of drug-likeness (QED) is 0.489. The molecule has 0 aliphatic carbocycles. The lowest BCUT2D eigenvalue weighted by atomic mass is 10.1. The van der Waals surface area contributed by atoms with Gasteiger partial charge in [0.1, 0.15) is 4.93 Å². The van der Waals surface area contributed by atoms with Crippen molar-refractivity contribution in [3.05, 3.63) is 0 Å². The minimum absolute atomic E-state index is 0.238. The number of ether oxygens (including phenoxy) is 1. The molecule has 1 heterocycles. The molecule has 1 radical (unpaired) electrons. The van der Waals surface area contributed by atoms with Crippen molar-refractivity contribution in [3.8, 4) is 0 Å². The summed E-state index contributed by atoms with van der Waals surface area (Å²) in [6, 6.07) is 0. The first-order chi connectivity index (χ1) is 3.71. The van der Waals surface area contributed by atoms with Crippen molar-refractivity contribution in [1.82, 2.24) is 0 Å². The fraction of sp³-hybridized carbons (Fsp3) is 1.00. The van der Waals surface area contributed by atoms with E-state index in [9.17, 15) is 0 Å². The average Bonchev–Trinajstić information content (AvgIpc) is 1.65. The monoisotopic (exact) mass is 131 g/mol. The second-order valence-electron chi connectivity index (χ2n) is 2.44. The van der Waals surface area contributed by atoms with Crippen molar-refractivity contribution >= 4 is 12.6 Å². The summed E-state index contributed by atoms with van der Waals surface area (Å²) in [5.41, 5.74) is 0. The molecule has 0 aromatic heterocycles. The maximum absolute atomic E-state index is 5.28. The lowest BCUT2D eigenvalue weighted by molar-refractivity contribution is 0.00389. The van der Waals surface area contributed by atoms with Crippen molar-refractivity contribution < 1.29 is 4.74 Å². The van der Waals surface area contributed by atoms with Gasteiger partial charge in [0.25, 0.3) is 0 Å². The van der Waals surface area contributed by atoms with Crippen molar-refractivity contribution in [2.75, 3.05) is 6.61 Å². The van der Waals surface area contributed by atoms with Gasteiger partial charge in [0.2, 0.25) is 0 Å². The molecule has 1 rings (SSSR count). The van der Waals surface area contributed by atoms with Crippen molar-refractivity contribution in [1.29, 1.82) is 0 Å². The molecular formula is C6H11OS. The van der Waals surface area contributed by atoms with E-state index < -0.39 is 0 Å². The number of hydrogen-bond donors (Lipinski definition) is 0. The van der Waals surface area contributed by atoms with Gasteiger partial charge >= 0.3 is 0 Å². The highest BCUT2D eigenvalue weighted by molar-refractivity contribution is 7.81. The van der Waals surface area contributed by atoms with Crippen LogP contribution in [0.3, 0.4) is 0 Å². The zero-order chi connectivity index (χ0) is 6.04. The molecule has 1 saturated heterocycles. The van der Waals surface area contributed by atoms with Crippen LogP contribution in [0.15, 0.2) is 0 Å². The molecule has 1 unspecified atom stereocenters. The van der Waals surface area contributed by atoms with Crippen LogP contribution in [0.2, 0.25) is 0 Å². The second-order valence-corrected chi connectivity index (χ2v) is 3.30. The van der Waals surface area contributed by atoms with Crippen LogP contribution in [0.1, 0.15) is 26.2 Å². The molecule has 1 aliphatic rings. The molecule has 1 fully saturated rings. The third-order valence-corrected chi connectivity index (χ3v) is 1.75. The topological polar surface area (TPSA) is 9.23 Å². The summed E-state index contributed by atoms with van der Waals surface area (Å²) >= 11 is 5.07. The van der Waals surface area contributed by atoms with Crippen LogP contribution in [-0.2, 0) is 4.74 Å². The van der Waals surface area contributed by atoms with Crippen LogP contribution in [0.25, 0.3) is 0 Å². The Morgan fingerprint density at radius 2 is 2.25 bits per heavy atom. The van der Waals surface area contributed by atoms with E-state index in [-0.39, 0.29) is 4.93 Å². The Bertz CT molecular complexity index is 72.6. The zero-order valence-electron chi connectivity index (χ0n) is 5.14. The fourth-order valence-corrected chi connectivity index (χ4v) is 1.14. The minimum Gasteiger partial charge on any atom is -0.364 e. The van der Waals surface area contributed by atoms with Crippen molar-refractivity contribution in [3.63, 3.8) is 0 Å². The molecule has 0 N–H and O–H groups in total. The van der Waals surface area contributed by atoms with Gasteiger partial charge in [0.05, 0.1) is 0 Å². The Morgan fingerprint density at radius 3 is 2.50 bits per heavy atom. The third kappa shape index (κ3) is 1.67. The smallest absolute Gasteiger partial charge is 0.120 e. The van der Waals surface area contributed by atoms with Crippen molar-refractivity contribution in [2.24, 2.45) is 0 Å². The predicted octanol–water partition coefficient (Wildman–Crippen LogP) is 2.10. The first kappa shape index (κ1) is 6.43. The van der Waals surface area contributed by atoms with E-state index >= 15 is 0 Å². The Kier molecular flexibility index (Phi) is 1.83. The Morgan fingerprint density at radius 1 is 1.50 bits per heavy atom. The Labute approximate surface area is 55.8 Å². The molecule has 0 saturated carbocycles. The first-order valence-corrected chi connectivity index (χ1v) is 3.46. The highest BCUT2D eigenvalue weighted by Gasteiger charge is 2.22. The molecule has 1 nitrogen and oxygen atoms in total. The standard InChI is InChI=1S/C6H11OS/c1-6(8)4-2-3-5-7-6/h2-5H2,1H3. The SMILES string of the molecule is CC1([S])CCCCO1. The van der Waals surface area contributed by atoms with Crippen molar-refractivity contribution in [2.45, 2.75) is 31.1 Å². The van der Waals surface area contributed by atoms with E-state index in [4.69, 9.17) is 17.4 Å². The van der Waals surface area contributed by atoms with Gasteiger partial charge in [-0.1, -0.05) is 12.6 Å². The third-order valence-electron chi connectivity index (χ3n) is 1.43. The van der Waals surface area contributed by atoms with Crippen LogP contribution in [-0.4, -0.2) is 11.5 Å². The van der Waals surface area contributed by atoms with Crippen LogP contribution in [0.5, 0.6) is 0 Å². The maximum Gasteiger partial charge on any atom is 0.120 e. The Balaban J connectivity index is 2.33. The van der Waals surface area contributed by atoms with Gasteiger partial charge in [-0.05, 0) is 26.2 Å². The molecule has 8 heavy (non-hydrogen) atoms. The van der Waals surface area contributed by atoms with Gasteiger partial charge in [0, 0.05) is 6.61 Å². The molecule has 2 heteroatoms. The van der Waals surface area contributed by atoms with Gasteiger partial charge in [-0.2, -0.15) is 0 Å². The van der Waals surface area contributed by atoms with E-state index in [0.717, 1.165) is 13.0 Å². The van der Waals surface area contributed by atoms with E-state index in [2.05, 4.69) is 0 Å². The lowest BCUT2D eigenvalue weighted by Gasteiger charge is -2.27. The summed E-state index contributed by atoms with van der Waals surface area (Å²) in [7, 11) is 0. The van der Waals surface area contributed by atoms with Gasteiger partial charge in [-0.3, -0.25) is 0 Å². The van der Waals surface area contributed by atoms with Gasteiger partial charge in [0.15, 0.2) is 0 Å². The van der Waals surface area contributed by atoms with Crippen LogP contribution in [0, 0.1) is 0 Å². The second kappa shape index (κ2) is 2.28. The summed E-state index contributed by atoms with van der Waals surface area (Å²) in [5.74, 6) is 0. The molecule has 1 aliphatic heterocycles. The van der Waals surface area contributed by atoms with E-state index in [1.54, 1.807) is 0 Å². The highest BCUT2D eigenvalue weighted by Crippen LogP contribution is 2.26.